The Balaban J connectivity index is 2.16. The first-order valence-electron chi connectivity index (χ1n) is 8.68. The maximum atomic E-state index is 12.6. The van der Waals surface area contributed by atoms with E-state index in [0.717, 1.165) is 19.3 Å². The van der Waals surface area contributed by atoms with Crippen molar-refractivity contribution in [1.29, 1.82) is 0 Å². The monoisotopic (exact) mass is 367 g/mol. The number of benzene rings is 1. The summed E-state index contributed by atoms with van der Waals surface area (Å²) in [6.45, 7) is 7.07. The normalized spacial score (nSPS) is 21.3. The van der Waals surface area contributed by atoms with Gasteiger partial charge in [0.25, 0.3) is 0 Å². The molecule has 2 atom stereocenters. The third kappa shape index (κ3) is 5.26. The lowest BCUT2D eigenvalue weighted by Gasteiger charge is -2.22. The second-order valence-electron chi connectivity index (χ2n) is 7.89. The number of sulfonamides is 1. The predicted octanol–water partition coefficient (Wildman–Crippen LogP) is 2.53. The van der Waals surface area contributed by atoms with Gasteiger partial charge in [-0.3, -0.25) is 4.79 Å². The van der Waals surface area contributed by atoms with Gasteiger partial charge in [0.1, 0.15) is 0 Å². The van der Waals surface area contributed by atoms with E-state index in [2.05, 4.69) is 10.0 Å². The minimum atomic E-state index is -3.66. The Bertz CT molecular complexity index is 738. The summed E-state index contributed by atoms with van der Waals surface area (Å²) in [5.74, 6) is 0.0820. The molecule has 1 aliphatic rings. The molecule has 2 rings (SSSR count). The van der Waals surface area contributed by atoms with Crippen LogP contribution in [0.5, 0.6) is 0 Å². The first kappa shape index (κ1) is 19.9. The molecule has 1 aliphatic carbocycles. The molecule has 0 unspecified atom stereocenters. The van der Waals surface area contributed by atoms with Crippen molar-refractivity contribution in [3.8, 4) is 0 Å². The Hall–Kier alpha value is -1.44. The minimum absolute atomic E-state index is 0.0783. The number of anilines is 1. The van der Waals surface area contributed by atoms with Gasteiger partial charge in [-0.15, -0.1) is 0 Å². The molecule has 1 aromatic rings. The molecular formula is C18H29N3O3S. The molecule has 0 saturated heterocycles. The van der Waals surface area contributed by atoms with E-state index >= 15 is 0 Å². The third-order valence-corrected chi connectivity index (χ3v) is 6.36. The van der Waals surface area contributed by atoms with Gasteiger partial charge in [-0.2, -0.15) is 0 Å². The summed E-state index contributed by atoms with van der Waals surface area (Å²) in [4.78, 5) is 12.5. The van der Waals surface area contributed by atoms with E-state index in [1.807, 2.05) is 0 Å². The topological polar surface area (TPSA) is 101 Å². The van der Waals surface area contributed by atoms with Gasteiger partial charge in [0.15, 0.2) is 0 Å². The van der Waals surface area contributed by atoms with Gasteiger partial charge in [-0.05, 0) is 64.2 Å². The fraction of sp³-hybridized carbons (Fsp3) is 0.611. The molecule has 0 aliphatic heterocycles. The Morgan fingerprint density at radius 3 is 2.52 bits per heavy atom. The number of carbonyl (C=O) groups is 1. The van der Waals surface area contributed by atoms with E-state index in [1.54, 1.807) is 45.9 Å². The van der Waals surface area contributed by atoms with Crippen LogP contribution >= 0.6 is 0 Å². The second-order valence-corrected chi connectivity index (χ2v) is 9.54. The predicted molar refractivity (Wildman–Crippen MR) is 99.8 cm³/mol. The Morgan fingerprint density at radius 1 is 1.28 bits per heavy atom. The standard InChI is InChI=1S/C18H29N3O3S/c1-12-15(20-17(22)11-13-7-5-8-14(13)19)9-6-10-16(12)25(23,24)21-18(2,3)4/h6,9-10,13-14,21H,5,7-8,11,19H2,1-4H3,(H,20,22)/t13-,14+/m0/s1. The Kier molecular flexibility index (Phi) is 5.91. The molecule has 0 spiro atoms. The zero-order valence-corrected chi connectivity index (χ0v) is 16.2. The van der Waals surface area contributed by atoms with Crippen LogP contribution in [0.3, 0.4) is 0 Å². The largest absolute Gasteiger partial charge is 0.327 e. The molecule has 4 N–H and O–H groups in total. The summed E-state index contributed by atoms with van der Waals surface area (Å²) < 4.78 is 27.8. The molecule has 140 valence electrons. The molecule has 7 heteroatoms. The molecule has 6 nitrogen and oxygen atoms in total. The summed E-state index contributed by atoms with van der Waals surface area (Å²) in [5.41, 5.74) is 6.50. The van der Waals surface area contributed by atoms with E-state index in [9.17, 15) is 13.2 Å². The first-order chi connectivity index (χ1) is 11.5. The molecule has 0 bridgehead atoms. The quantitative estimate of drug-likeness (QED) is 0.744. The third-order valence-electron chi connectivity index (χ3n) is 4.45. The van der Waals surface area contributed by atoms with Crippen molar-refractivity contribution in [1.82, 2.24) is 4.72 Å². The van der Waals surface area contributed by atoms with Crippen LogP contribution in [0.2, 0.25) is 0 Å². The Labute approximate surface area is 150 Å². The molecule has 1 amide bonds. The zero-order chi connectivity index (χ0) is 18.8. The summed E-state index contributed by atoms with van der Waals surface area (Å²) in [7, 11) is -3.66. The molecule has 1 aromatic carbocycles. The van der Waals surface area contributed by atoms with Gasteiger partial charge in [-0.25, -0.2) is 13.1 Å². The van der Waals surface area contributed by atoms with Gasteiger partial charge in [-0.1, -0.05) is 12.5 Å². The van der Waals surface area contributed by atoms with Crippen molar-refractivity contribution in [2.75, 3.05) is 5.32 Å². The van der Waals surface area contributed by atoms with Crippen LogP contribution in [0.25, 0.3) is 0 Å². The highest BCUT2D eigenvalue weighted by atomic mass is 32.2. The molecule has 0 radical (unpaired) electrons. The number of hydrogen-bond acceptors (Lipinski definition) is 4. The van der Waals surface area contributed by atoms with Crippen LogP contribution in [0, 0.1) is 12.8 Å². The molecular weight excluding hydrogens is 338 g/mol. The van der Waals surface area contributed by atoms with Gasteiger partial charge < -0.3 is 11.1 Å². The van der Waals surface area contributed by atoms with E-state index in [1.165, 1.54) is 0 Å². The first-order valence-corrected chi connectivity index (χ1v) is 10.2. The summed E-state index contributed by atoms with van der Waals surface area (Å²) in [5, 5.41) is 2.85. The lowest BCUT2D eigenvalue weighted by molar-refractivity contribution is -0.117. The smallest absolute Gasteiger partial charge is 0.241 e. The van der Waals surface area contributed by atoms with E-state index in [4.69, 9.17) is 5.73 Å². The van der Waals surface area contributed by atoms with Crippen LogP contribution in [0.4, 0.5) is 5.69 Å². The number of rotatable bonds is 5. The fourth-order valence-electron chi connectivity index (χ4n) is 3.26. The number of nitrogens with one attached hydrogen (secondary N) is 2. The minimum Gasteiger partial charge on any atom is -0.327 e. The van der Waals surface area contributed by atoms with Gasteiger partial charge in [0, 0.05) is 23.7 Å². The zero-order valence-electron chi connectivity index (χ0n) is 15.4. The maximum Gasteiger partial charge on any atom is 0.241 e. The van der Waals surface area contributed by atoms with Gasteiger partial charge in [0.05, 0.1) is 4.90 Å². The van der Waals surface area contributed by atoms with E-state index in [-0.39, 0.29) is 22.8 Å². The number of carbonyl (C=O) groups excluding carboxylic acids is 1. The van der Waals surface area contributed by atoms with Gasteiger partial charge in [0.2, 0.25) is 15.9 Å². The van der Waals surface area contributed by atoms with Crippen molar-refractivity contribution in [3.63, 3.8) is 0 Å². The van der Waals surface area contributed by atoms with Crippen molar-refractivity contribution < 1.29 is 13.2 Å². The van der Waals surface area contributed by atoms with E-state index in [0.29, 0.717) is 17.7 Å². The van der Waals surface area contributed by atoms with E-state index < -0.39 is 15.6 Å². The molecule has 1 fully saturated rings. The second kappa shape index (κ2) is 7.43. The number of amides is 1. The average Bonchev–Trinajstić information content (AvgIpc) is 2.83. The van der Waals surface area contributed by atoms with Crippen LogP contribution in [-0.2, 0) is 14.8 Å². The summed E-state index contributed by atoms with van der Waals surface area (Å²) >= 11 is 0. The number of hydrogen-bond donors (Lipinski definition) is 3. The maximum absolute atomic E-state index is 12.6. The highest BCUT2D eigenvalue weighted by Crippen LogP contribution is 2.28. The number of nitrogens with two attached hydrogens (primary N) is 1. The summed E-state index contributed by atoms with van der Waals surface area (Å²) in [6.07, 6.45) is 3.36. The molecule has 0 aromatic heterocycles. The highest BCUT2D eigenvalue weighted by Gasteiger charge is 2.27. The SMILES string of the molecule is Cc1c(NC(=O)C[C@@H]2CCC[C@H]2N)cccc1S(=O)(=O)NC(C)(C)C. The highest BCUT2D eigenvalue weighted by molar-refractivity contribution is 7.89. The molecule has 25 heavy (non-hydrogen) atoms. The average molecular weight is 368 g/mol. The van der Waals surface area contributed by atoms with Crippen LogP contribution in [0.1, 0.15) is 52.0 Å². The van der Waals surface area contributed by atoms with Crippen LogP contribution in [-0.4, -0.2) is 25.9 Å². The fourth-order valence-corrected chi connectivity index (χ4v) is 4.94. The molecule has 1 saturated carbocycles. The van der Waals surface area contributed by atoms with Crippen molar-refractivity contribution >= 4 is 21.6 Å². The molecule has 0 heterocycles. The van der Waals surface area contributed by atoms with Crippen LogP contribution in [0.15, 0.2) is 23.1 Å². The van der Waals surface area contributed by atoms with Gasteiger partial charge >= 0.3 is 0 Å². The van der Waals surface area contributed by atoms with Crippen LogP contribution < -0.4 is 15.8 Å². The lowest BCUT2D eigenvalue weighted by Crippen LogP contribution is -2.40. The Morgan fingerprint density at radius 2 is 1.96 bits per heavy atom. The van der Waals surface area contributed by atoms with Crippen molar-refractivity contribution in [2.45, 2.75) is 69.9 Å². The van der Waals surface area contributed by atoms with Crippen molar-refractivity contribution in [2.24, 2.45) is 11.7 Å². The van der Waals surface area contributed by atoms with Crippen molar-refractivity contribution in [3.05, 3.63) is 23.8 Å². The summed E-state index contributed by atoms with van der Waals surface area (Å²) in [6, 6.07) is 4.99. The lowest BCUT2D eigenvalue weighted by atomic mass is 10.00.